The largest absolute Gasteiger partial charge is 0.0619 e. The fourth-order valence-corrected chi connectivity index (χ4v) is 4.08. The second-order valence-electron chi connectivity index (χ2n) is 7.50. The molecule has 0 aromatic heterocycles. The van der Waals surface area contributed by atoms with Crippen LogP contribution in [-0.2, 0) is 10.8 Å². The van der Waals surface area contributed by atoms with Crippen LogP contribution in [0.5, 0.6) is 0 Å². The molecule has 0 heteroatoms. The highest BCUT2D eigenvalue weighted by Gasteiger charge is 2.46. The van der Waals surface area contributed by atoms with Crippen molar-refractivity contribution < 1.29 is 0 Å². The highest BCUT2D eigenvalue weighted by atomic mass is 14.5. The van der Waals surface area contributed by atoms with E-state index in [1.165, 1.54) is 33.0 Å². The predicted octanol–water partition coefficient (Wildman–Crippen LogP) is 6.08. The third kappa shape index (κ3) is 1.53. The SMILES string of the molecule is CC1(C)c2ccccc2-c2ccc3ccccc3c2C1(C)C. The van der Waals surface area contributed by atoms with Crippen LogP contribution >= 0.6 is 0 Å². The van der Waals surface area contributed by atoms with Gasteiger partial charge in [-0.1, -0.05) is 88.4 Å². The first-order valence-corrected chi connectivity index (χ1v) is 8.07. The second kappa shape index (κ2) is 4.23. The lowest BCUT2D eigenvalue weighted by Gasteiger charge is -2.48. The molecule has 0 spiro atoms. The minimum Gasteiger partial charge on any atom is -0.0619 e. The molecule has 110 valence electrons. The number of hydrogen-bond donors (Lipinski definition) is 0. The molecule has 3 aromatic rings. The van der Waals surface area contributed by atoms with Crippen molar-refractivity contribution in [1.82, 2.24) is 0 Å². The van der Waals surface area contributed by atoms with Gasteiger partial charge in [0.25, 0.3) is 0 Å². The van der Waals surface area contributed by atoms with E-state index in [-0.39, 0.29) is 10.8 Å². The molecule has 0 heterocycles. The molecule has 0 saturated carbocycles. The molecule has 0 nitrogen and oxygen atoms in total. The molecule has 0 unspecified atom stereocenters. The van der Waals surface area contributed by atoms with Gasteiger partial charge in [-0.05, 0) is 38.4 Å². The molecule has 22 heavy (non-hydrogen) atoms. The molecule has 1 aliphatic carbocycles. The van der Waals surface area contributed by atoms with Gasteiger partial charge in [0.1, 0.15) is 0 Å². The van der Waals surface area contributed by atoms with Crippen molar-refractivity contribution >= 4 is 10.8 Å². The lowest BCUT2D eigenvalue weighted by molar-refractivity contribution is 0.301. The number of fused-ring (bicyclic) bond motifs is 5. The van der Waals surface area contributed by atoms with Crippen LogP contribution in [0.3, 0.4) is 0 Å². The van der Waals surface area contributed by atoms with Gasteiger partial charge in [0, 0.05) is 5.41 Å². The van der Waals surface area contributed by atoms with Crippen LogP contribution in [0.4, 0.5) is 0 Å². The number of rotatable bonds is 0. The fourth-order valence-electron chi connectivity index (χ4n) is 4.08. The van der Waals surface area contributed by atoms with Gasteiger partial charge >= 0.3 is 0 Å². The molecule has 0 radical (unpaired) electrons. The van der Waals surface area contributed by atoms with E-state index < -0.39 is 0 Å². The van der Waals surface area contributed by atoms with E-state index in [2.05, 4.69) is 88.4 Å². The molecule has 0 aliphatic heterocycles. The molecule has 3 aromatic carbocycles. The molecule has 0 saturated heterocycles. The number of hydrogen-bond acceptors (Lipinski definition) is 0. The van der Waals surface area contributed by atoms with Crippen molar-refractivity contribution in [1.29, 1.82) is 0 Å². The highest BCUT2D eigenvalue weighted by Crippen LogP contribution is 2.55. The van der Waals surface area contributed by atoms with Crippen LogP contribution in [0.2, 0.25) is 0 Å². The summed E-state index contributed by atoms with van der Waals surface area (Å²) in [4.78, 5) is 0. The van der Waals surface area contributed by atoms with Gasteiger partial charge < -0.3 is 0 Å². The van der Waals surface area contributed by atoms with Crippen molar-refractivity contribution in [3.05, 3.63) is 71.8 Å². The van der Waals surface area contributed by atoms with E-state index >= 15 is 0 Å². The zero-order valence-corrected chi connectivity index (χ0v) is 13.8. The second-order valence-corrected chi connectivity index (χ2v) is 7.50. The monoisotopic (exact) mass is 286 g/mol. The summed E-state index contributed by atoms with van der Waals surface area (Å²) in [5.41, 5.74) is 5.93. The Morgan fingerprint density at radius 2 is 1.27 bits per heavy atom. The van der Waals surface area contributed by atoms with Gasteiger partial charge in [0.2, 0.25) is 0 Å². The Morgan fingerprint density at radius 3 is 2.09 bits per heavy atom. The van der Waals surface area contributed by atoms with Crippen LogP contribution in [0.25, 0.3) is 21.9 Å². The molecular weight excluding hydrogens is 264 g/mol. The van der Waals surface area contributed by atoms with Crippen molar-refractivity contribution in [2.24, 2.45) is 0 Å². The topological polar surface area (TPSA) is 0 Å². The Labute approximate surface area is 132 Å². The average Bonchev–Trinajstić information content (AvgIpc) is 2.52. The standard InChI is InChI=1S/C22H22/c1-21(2)19-12-8-7-11-17(19)18-14-13-15-9-5-6-10-16(15)20(18)22(21,3)4/h5-14H,1-4H3. The smallest absolute Gasteiger partial charge is 0.0000472 e. The minimum atomic E-state index is 0.0809. The van der Waals surface area contributed by atoms with Crippen LogP contribution < -0.4 is 0 Å². The van der Waals surface area contributed by atoms with Crippen molar-refractivity contribution in [3.8, 4) is 11.1 Å². The molecule has 0 bridgehead atoms. The van der Waals surface area contributed by atoms with Crippen molar-refractivity contribution in [2.45, 2.75) is 38.5 Å². The van der Waals surface area contributed by atoms with E-state index in [0.29, 0.717) is 0 Å². The van der Waals surface area contributed by atoms with E-state index in [1.807, 2.05) is 0 Å². The minimum absolute atomic E-state index is 0.0809. The van der Waals surface area contributed by atoms with E-state index in [0.717, 1.165) is 0 Å². The molecule has 1 aliphatic rings. The Morgan fingerprint density at radius 1 is 0.591 bits per heavy atom. The van der Waals surface area contributed by atoms with Gasteiger partial charge in [0.15, 0.2) is 0 Å². The first kappa shape index (κ1) is 13.6. The summed E-state index contributed by atoms with van der Waals surface area (Å²) in [7, 11) is 0. The average molecular weight is 286 g/mol. The summed E-state index contributed by atoms with van der Waals surface area (Å²) in [6.07, 6.45) is 0. The molecular formula is C22H22. The summed E-state index contributed by atoms with van der Waals surface area (Å²) in [6, 6.07) is 22.3. The molecule has 0 fully saturated rings. The van der Waals surface area contributed by atoms with Crippen molar-refractivity contribution in [3.63, 3.8) is 0 Å². The maximum absolute atomic E-state index is 2.40. The van der Waals surface area contributed by atoms with Crippen LogP contribution in [0.1, 0.15) is 38.8 Å². The molecule has 4 rings (SSSR count). The fraction of sp³-hybridized carbons (Fsp3) is 0.273. The molecule has 0 N–H and O–H groups in total. The van der Waals surface area contributed by atoms with Gasteiger partial charge in [0.05, 0.1) is 0 Å². The maximum Gasteiger partial charge on any atom is 0.0000472 e. The Kier molecular flexibility index (Phi) is 2.61. The Bertz CT molecular complexity index is 881. The lowest BCUT2D eigenvalue weighted by atomic mass is 9.55. The van der Waals surface area contributed by atoms with E-state index in [4.69, 9.17) is 0 Å². The van der Waals surface area contributed by atoms with E-state index in [9.17, 15) is 0 Å². The molecule has 0 amide bonds. The number of benzene rings is 3. The lowest BCUT2D eigenvalue weighted by Crippen LogP contribution is -2.43. The van der Waals surface area contributed by atoms with Gasteiger partial charge in [-0.25, -0.2) is 0 Å². The summed E-state index contributed by atoms with van der Waals surface area (Å²) in [6.45, 7) is 9.56. The predicted molar refractivity (Wildman–Crippen MR) is 95.4 cm³/mol. The van der Waals surface area contributed by atoms with E-state index in [1.54, 1.807) is 0 Å². The third-order valence-corrected chi connectivity index (χ3v) is 6.01. The Hall–Kier alpha value is -2.08. The van der Waals surface area contributed by atoms with Gasteiger partial charge in [-0.2, -0.15) is 0 Å². The zero-order chi connectivity index (χ0) is 15.5. The summed E-state index contributed by atoms with van der Waals surface area (Å²) >= 11 is 0. The maximum atomic E-state index is 2.40. The summed E-state index contributed by atoms with van der Waals surface area (Å²) in [5.74, 6) is 0. The van der Waals surface area contributed by atoms with Gasteiger partial charge in [-0.3, -0.25) is 0 Å². The normalized spacial score (nSPS) is 17.8. The third-order valence-electron chi connectivity index (χ3n) is 6.01. The summed E-state index contributed by atoms with van der Waals surface area (Å²) in [5, 5.41) is 2.73. The van der Waals surface area contributed by atoms with Crippen LogP contribution in [-0.4, -0.2) is 0 Å². The highest BCUT2D eigenvalue weighted by molar-refractivity contribution is 5.95. The Balaban J connectivity index is 2.22. The first-order valence-electron chi connectivity index (χ1n) is 8.07. The summed E-state index contributed by atoms with van der Waals surface area (Å²) < 4.78 is 0. The first-order chi connectivity index (χ1) is 10.4. The zero-order valence-electron chi connectivity index (χ0n) is 13.8. The molecule has 0 atom stereocenters. The van der Waals surface area contributed by atoms with Crippen LogP contribution in [0, 0.1) is 0 Å². The quantitative estimate of drug-likeness (QED) is 0.470. The van der Waals surface area contributed by atoms with Crippen molar-refractivity contribution in [2.75, 3.05) is 0 Å². The van der Waals surface area contributed by atoms with Gasteiger partial charge in [-0.15, -0.1) is 0 Å². The van der Waals surface area contributed by atoms with Crippen LogP contribution in [0.15, 0.2) is 60.7 Å².